The second kappa shape index (κ2) is 5.37. The number of hydrogen-bond acceptors (Lipinski definition) is 2. The van der Waals surface area contributed by atoms with Crippen LogP contribution in [0.5, 0.6) is 0 Å². The van der Waals surface area contributed by atoms with Crippen LogP contribution in [0.2, 0.25) is 10.0 Å². The van der Waals surface area contributed by atoms with Crippen molar-refractivity contribution < 1.29 is 4.79 Å². The van der Waals surface area contributed by atoms with Crippen molar-refractivity contribution in [3.8, 4) is 0 Å². The van der Waals surface area contributed by atoms with Crippen LogP contribution in [0.15, 0.2) is 48.7 Å². The summed E-state index contributed by atoms with van der Waals surface area (Å²) in [5.41, 5.74) is 3.02. The molecular weight excluding hydrogens is 341 g/mol. The van der Waals surface area contributed by atoms with Gasteiger partial charge in [0.15, 0.2) is 5.78 Å². The molecule has 2 aromatic carbocycles. The highest BCUT2D eigenvalue weighted by Gasteiger charge is 2.47. The molecule has 4 rings (SSSR count). The number of hydrogen-bond donors (Lipinski definition) is 1. The highest BCUT2D eigenvalue weighted by molar-refractivity contribution is 6.37. The third kappa shape index (κ3) is 2.21. The maximum atomic E-state index is 13.3. The minimum absolute atomic E-state index is 0.0229. The molecule has 1 saturated carbocycles. The maximum absolute atomic E-state index is 13.3. The molecule has 0 amide bonds. The second-order valence-electron chi connectivity index (χ2n) is 6.73. The lowest BCUT2D eigenvalue weighted by molar-refractivity contribution is 0.0924. The topological polar surface area (TPSA) is 29.1 Å². The normalized spacial score (nSPS) is 22.2. The summed E-state index contributed by atoms with van der Waals surface area (Å²) in [6.45, 7) is 5.91. The van der Waals surface area contributed by atoms with E-state index in [1.54, 1.807) is 12.1 Å². The molecule has 1 aliphatic carbocycles. The molecule has 0 radical (unpaired) electrons. The van der Waals surface area contributed by atoms with E-state index in [0.717, 1.165) is 0 Å². The highest BCUT2D eigenvalue weighted by atomic mass is 35.5. The molecular formula is C20H17Cl2NO. The molecule has 0 spiro atoms. The van der Waals surface area contributed by atoms with Gasteiger partial charge in [0.25, 0.3) is 0 Å². The van der Waals surface area contributed by atoms with E-state index >= 15 is 0 Å². The van der Waals surface area contributed by atoms with Crippen LogP contribution in [0.3, 0.4) is 0 Å². The first-order valence-corrected chi connectivity index (χ1v) is 8.78. The molecule has 2 nitrogen and oxygen atoms in total. The van der Waals surface area contributed by atoms with Crippen LogP contribution in [0.1, 0.15) is 47.2 Å². The van der Waals surface area contributed by atoms with Crippen LogP contribution in [0.25, 0.3) is 0 Å². The molecule has 2 aromatic rings. The van der Waals surface area contributed by atoms with Crippen LogP contribution in [0, 0.1) is 0 Å². The second-order valence-corrected chi connectivity index (χ2v) is 7.55. The minimum Gasteiger partial charge on any atom is -0.357 e. The summed E-state index contributed by atoms with van der Waals surface area (Å²) in [4.78, 5) is 13.3. The average Bonchev–Trinajstić information content (AvgIpc) is 3.38. The Bertz CT molecular complexity index is 868. The summed E-state index contributed by atoms with van der Waals surface area (Å²) in [6, 6.07) is 11.4. The quantitative estimate of drug-likeness (QED) is 0.687. The van der Waals surface area contributed by atoms with Gasteiger partial charge in [0, 0.05) is 21.8 Å². The van der Waals surface area contributed by atoms with E-state index in [1.807, 2.05) is 19.1 Å². The molecule has 2 aliphatic rings. The number of nitrogens with one attached hydrogen (secondary N) is 1. The number of Topliss-reactive ketones (excluding diaryl/α,β-unsaturated/α-hetero) is 1. The molecule has 24 heavy (non-hydrogen) atoms. The zero-order valence-electron chi connectivity index (χ0n) is 13.3. The number of fused-ring (bicyclic) bond motifs is 1. The number of halogens is 2. The van der Waals surface area contributed by atoms with Gasteiger partial charge < -0.3 is 5.32 Å². The number of ketones is 1. The first-order chi connectivity index (χ1) is 11.4. The van der Waals surface area contributed by atoms with Gasteiger partial charge in [-0.1, -0.05) is 54.0 Å². The number of rotatable bonds is 3. The predicted octanol–water partition coefficient (Wildman–Crippen LogP) is 5.95. The predicted molar refractivity (Wildman–Crippen MR) is 99.3 cm³/mol. The largest absolute Gasteiger partial charge is 0.357 e. The van der Waals surface area contributed by atoms with Gasteiger partial charge in [-0.3, -0.25) is 4.79 Å². The zero-order chi connectivity index (χ0) is 17.1. The Balaban J connectivity index is 1.79. The van der Waals surface area contributed by atoms with Crippen molar-refractivity contribution >= 4 is 34.7 Å². The van der Waals surface area contributed by atoms with Gasteiger partial charge >= 0.3 is 0 Å². The molecule has 0 saturated heterocycles. The van der Waals surface area contributed by atoms with Gasteiger partial charge in [0.2, 0.25) is 0 Å². The Labute approximate surface area is 151 Å². The summed E-state index contributed by atoms with van der Waals surface area (Å²) >= 11 is 12.7. The first-order valence-electron chi connectivity index (χ1n) is 8.02. The third-order valence-corrected chi connectivity index (χ3v) is 5.79. The summed E-state index contributed by atoms with van der Waals surface area (Å²) in [5.74, 6) is 0.645. The molecule has 1 fully saturated rings. The van der Waals surface area contributed by atoms with Gasteiger partial charge in [0.05, 0.1) is 16.1 Å². The van der Waals surface area contributed by atoms with E-state index in [0.29, 0.717) is 38.5 Å². The molecule has 122 valence electrons. The molecule has 1 atom stereocenters. The van der Waals surface area contributed by atoms with Crippen LogP contribution in [-0.4, -0.2) is 5.78 Å². The molecule has 1 heterocycles. The Kier molecular flexibility index (Phi) is 3.52. The summed E-state index contributed by atoms with van der Waals surface area (Å²) in [7, 11) is 0. The van der Waals surface area contributed by atoms with Crippen molar-refractivity contribution in [3.63, 3.8) is 0 Å². The van der Waals surface area contributed by atoms with Crippen LogP contribution in [0.4, 0.5) is 5.69 Å². The minimum atomic E-state index is -0.932. The maximum Gasteiger partial charge on any atom is 0.179 e. The van der Waals surface area contributed by atoms with E-state index < -0.39 is 5.41 Å². The van der Waals surface area contributed by atoms with Crippen molar-refractivity contribution in [2.24, 2.45) is 0 Å². The molecule has 1 N–H and O–H groups in total. The monoisotopic (exact) mass is 357 g/mol. The Morgan fingerprint density at radius 1 is 1.12 bits per heavy atom. The van der Waals surface area contributed by atoms with Crippen LogP contribution < -0.4 is 5.32 Å². The Morgan fingerprint density at radius 3 is 2.38 bits per heavy atom. The van der Waals surface area contributed by atoms with E-state index in [9.17, 15) is 4.79 Å². The van der Waals surface area contributed by atoms with Crippen molar-refractivity contribution in [1.82, 2.24) is 0 Å². The van der Waals surface area contributed by atoms with E-state index in [2.05, 4.69) is 24.0 Å². The standard InChI is InChI=1S/C20H17Cl2NO/c1-11-20(2,17-15(21)9-10-16(22)18(17)23-11)19(24)14-7-5-13(6-8-14)12-3-4-12/h5-10,12,23H,1,3-4H2,2H3. The fourth-order valence-electron chi connectivity index (χ4n) is 3.45. The summed E-state index contributed by atoms with van der Waals surface area (Å²) in [6.07, 6.45) is 2.49. The lowest BCUT2D eigenvalue weighted by Gasteiger charge is -2.25. The van der Waals surface area contributed by atoms with Gasteiger partial charge in [0.1, 0.15) is 0 Å². The van der Waals surface area contributed by atoms with Gasteiger partial charge in [-0.25, -0.2) is 0 Å². The molecule has 0 aromatic heterocycles. The van der Waals surface area contributed by atoms with Gasteiger partial charge in [-0.05, 0) is 43.4 Å². The fourth-order valence-corrected chi connectivity index (χ4v) is 4.00. The zero-order valence-corrected chi connectivity index (χ0v) is 14.8. The number of carbonyl (C=O) groups excluding carboxylic acids is 1. The van der Waals surface area contributed by atoms with E-state index in [-0.39, 0.29) is 5.78 Å². The highest BCUT2D eigenvalue weighted by Crippen LogP contribution is 2.51. The number of allylic oxidation sites excluding steroid dienone is 1. The smallest absolute Gasteiger partial charge is 0.179 e. The molecule has 0 bridgehead atoms. The van der Waals surface area contributed by atoms with Crippen LogP contribution >= 0.6 is 23.2 Å². The SMILES string of the molecule is C=C1Nc2c(Cl)ccc(Cl)c2C1(C)C(=O)c1ccc(C2CC2)cc1. The van der Waals surface area contributed by atoms with Gasteiger partial charge in [-0.2, -0.15) is 0 Å². The number of anilines is 1. The lowest BCUT2D eigenvalue weighted by Crippen LogP contribution is -2.33. The van der Waals surface area contributed by atoms with Crippen molar-refractivity contribution in [1.29, 1.82) is 0 Å². The third-order valence-electron chi connectivity index (χ3n) is 5.16. The molecule has 1 aliphatic heterocycles. The lowest BCUT2D eigenvalue weighted by atomic mass is 9.75. The van der Waals surface area contributed by atoms with Crippen LogP contribution in [-0.2, 0) is 5.41 Å². The Morgan fingerprint density at radius 2 is 1.75 bits per heavy atom. The van der Waals surface area contributed by atoms with Gasteiger partial charge in [-0.15, -0.1) is 0 Å². The fraction of sp³-hybridized carbons (Fsp3) is 0.250. The first kappa shape index (κ1) is 15.7. The summed E-state index contributed by atoms with van der Waals surface area (Å²) in [5, 5.41) is 4.21. The van der Waals surface area contributed by atoms with Crippen molar-refractivity contribution in [2.45, 2.75) is 31.1 Å². The Hall–Kier alpha value is -1.77. The summed E-state index contributed by atoms with van der Waals surface area (Å²) < 4.78 is 0. The van der Waals surface area contributed by atoms with E-state index in [1.165, 1.54) is 18.4 Å². The number of benzene rings is 2. The molecule has 1 unspecified atom stereocenters. The average molecular weight is 358 g/mol. The molecule has 4 heteroatoms. The van der Waals surface area contributed by atoms with Crippen molar-refractivity contribution in [3.05, 3.63) is 75.4 Å². The van der Waals surface area contributed by atoms with E-state index in [4.69, 9.17) is 23.2 Å². The van der Waals surface area contributed by atoms with Crippen molar-refractivity contribution in [2.75, 3.05) is 5.32 Å². The number of carbonyl (C=O) groups is 1.